The fourth-order valence-corrected chi connectivity index (χ4v) is 3.77. The lowest BCUT2D eigenvalue weighted by Crippen LogP contribution is -2.72. The Hall–Kier alpha value is -0.590. The van der Waals surface area contributed by atoms with E-state index in [-0.39, 0.29) is 12.1 Å². The monoisotopic (exact) mass is 348 g/mol. The van der Waals surface area contributed by atoms with Crippen LogP contribution in [0.25, 0.3) is 0 Å². The number of likely N-dealkylation sites (tertiary alicyclic amines) is 1. The molecule has 2 fully saturated rings. The van der Waals surface area contributed by atoms with Crippen molar-refractivity contribution in [3.63, 3.8) is 0 Å². The van der Waals surface area contributed by atoms with Gasteiger partial charge in [-0.2, -0.15) is 13.2 Å². The average molecular weight is 349 g/mol. The Morgan fingerprint density at radius 1 is 1.15 bits per heavy atom. The zero-order valence-corrected chi connectivity index (χ0v) is 12.7. The van der Waals surface area contributed by atoms with Gasteiger partial charge in [-0.05, 0) is 24.7 Å². The van der Waals surface area contributed by atoms with Crippen LogP contribution in [0.15, 0.2) is 28.7 Å². The molecule has 2 aliphatic heterocycles. The van der Waals surface area contributed by atoms with Crippen LogP contribution < -0.4 is 0 Å². The van der Waals surface area contributed by atoms with Crippen LogP contribution >= 0.6 is 15.9 Å². The molecule has 0 saturated carbocycles. The fourth-order valence-electron chi connectivity index (χ4n) is 3.51. The highest BCUT2D eigenvalue weighted by molar-refractivity contribution is 9.10. The molecule has 110 valence electrons. The number of benzene rings is 1. The minimum absolute atomic E-state index is 0.192. The van der Waals surface area contributed by atoms with Crippen molar-refractivity contribution in [1.82, 2.24) is 9.80 Å². The fraction of sp³-hybridized carbons (Fsp3) is 0.571. The van der Waals surface area contributed by atoms with Crippen LogP contribution in [0.1, 0.15) is 11.5 Å². The Kier molecular flexibility index (Phi) is 3.59. The molecule has 20 heavy (non-hydrogen) atoms. The van der Waals surface area contributed by atoms with Crippen LogP contribution in [0.4, 0.5) is 13.2 Å². The molecule has 0 aliphatic carbocycles. The lowest BCUT2D eigenvalue weighted by molar-refractivity contribution is -0.168. The summed E-state index contributed by atoms with van der Waals surface area (Å²) in [6.07, 6.45) is -4.10. The van der Waals surface area contributed by atoms with E-state index < -0.39 is 12.7 Å². The third kappa shape index (κ3) is 2.61. The molecule has 0 aromatic heterocycles. The summed E-state index contributed by atoms with van der Waals surface area (Å²) < 4.78 is 38.5. The Balaban J connectivity index is 1.71. The van der Waals surface area contributed by atoms with Gasteiger partial charge in [0.1, 0.15) is 0 Å². The molecule has 2 atom stereocenters. The molecule has 2 bridgehead atoms. The molecule has 6 heteroatoms. The molecule has 0 spiro atoms. The number of alkyl halides is 3. The first-order valence-corrected chi connectivity index (χ1v) is 7.41. The van der Waals surface area contributed by atoms with Crippen molar-refractivity contribution in [2.45, 2.75) is 24.2 Å². The second-order valence-corrected chi connectivity index (χ2v) is 6.60. The van der Waals surface area contributed by atoms with E-state index in [1.165, 1.54) is 10.5 Å². The molecule has 0 amide bonds. The van der Waals surface area contributed by atoms with Gasteiger partial charge in [0.05, 0.1) is 6.54 Å². The number of halogens is 4. The van der Waals surface area contributed by atoms with Crippen molar-refractivity contribution in [2.24, 2.45) is 0 Å². The normalized spacial score (nSPS) is 31.1. The van der Waals surface area contributed by atoms with Crippen molar-refractivity contribution < 1.29 is 13.2 Å². The largest absolute Gasteiger partial charge is 0.401 e. The molecule has 0 radical (unpaired) electrons. The molecular weight excluding hydrogens is 333 g/mol. The number of fused-ring (bicyclic) bond motifs is 2. The van der Waals surface area contributed by atoms with Gasteiger partial charge in [0.25, 0.3) is 0 Å². The molecule has 2 saturated heterocycles. The Labute approximate surface area is 124 Å². The lowest BCUT2D eigenvalue weighted by atomic mass is 9.72. The van der Waals surface area contributed by atoms with E-state index in [1.54, 1.807) is 0 Å². The smallest absolute Gasteiger partial charge is 0.297 e. The van der Waals surface area contributed by atoms with Crippen molar-refractivity contribution in [3.05, 3.63) is 34.3 Å². The summed E-state index contributed by atoms with van der Waals surface area (Å²) in [4.78, 5) is 3.74. The molecule has 1 aromatic rings. The van der Waals surface area contributed by atoms with E-state index in [1.807, 2.05) is 19.2 Å². The third-order valence-electron chi connectivity index (χ3n) is 4.42. The Morgan fingerprint density at radius 2 is 1.70 bits per heavy atom. The van der Waals surface area contributed by atoms with Gasteiger partial charge in [0.2, 0.25) is 0 Å². The van der Waals surface area contributed by atoms with E-state index in [0.717, 1.165) is 4.47 Å². The second-order valence-electron chi connectivity index (χ2n) is 5.69. The van der Waals surface area contributed by atoms with Crippen molar-refractivity contribution in [3.8, 4) is 0 Å². The Morgan fingerprint density at radius 3 is 2.20 bits per heavy atom. The average Bonchev–Trinajstić information content (AvgIpc) is 2.37. The summed E-state index contributed by atoms with van der Waals surface area (Å²) in [5.74, 6) is 0.359. The summed E-state index contributed by atoms with van der Waals surface area (Å²) in [5.41, 5.74) is 1.23. The second kappa shape index (κ2) is 5.00. The maximum Gasteiger partial charge on any atom is 0.401 e. The van der Waals surface area contributed by atoms with Crippen molar-refractivity contribution in [1.29, 1.82) is 0 Å². The first-order valence-electron chi connectivity index (χ1n) is 6.61. The third-order valence-corrected chi connectivity index (χ3v) is 4.95. The maximum absolute atomic E-state index is 12.5. The summed E-state index contributed by atoms with van der Waals surface area (Å²) in [7, 11) is 2.01. The van der Waals surface area contributed by atoms with Gasteiger partial charge in [0, 0.05) is 35.6 Å². The van der Waals surface area contributed by atoms with Crippen LogP contribution in [0.5, 0.6) is 0 Å². The topological polar surface area (TPSA) is 6.48 Å². The van der Waals surface area contributed by atoms with Crippen LogP contribution in [0, 0.1) is 0 Å². The van der Waals surface area contributed by atoms with Crippen LogP contribution in [-0.2, 0) is 0 Å². The summed E-state index contributed by atoms with van der Waals surface area (Å²) >= 11 is 3.41. The van der Waals surface area contributed by atoms with Gasteiger partial charge in [-0.25, -0.2) is 0 Å². The molecule has 1 aromatic carbocycles. The van der Waals surface area contributed by atoms with E-state index in [2.05, 4.69) is 33.0 Å². The van der Waals surface area contributed by atoms with Gasteiger partial charge in [0.15, 0.2) is 0 Å². The number of hydrogen-bond acceptors (Lipinski definition) is 2. The summed E-state index contributed by atoms with van der Waals surface area (Å²) in [5, 5.41) is 0. The number of likely N-dealkylation sites (N-methyl/N-ethyl adjacent to an activating group) is 1. The quantitative estimate of drug-likeness (QED) is 0.810. The predicted octanol–water partition coefficient (Wildman–Crippen LogP) is 3.09. The van der Waals surface area contributed by atoms with Gasteiger partial charge < -0.3 is 0 Å². The molecule has 2 unspecified atom stereocenters. The summed E-state index contributed by atoms with van der Waals surface area (Å²) in [6, 6.07) is 8.52. The first kappa shape index (κ1) is 14.4. The van der Waals surface area contributed by atoms with E-state index >= 15 is 0 Å². The van der Waals surface area contributed by atoms with Gasteiger partial charge in [-0.1, -0.05) is 28.1 Å². The zero-order chi connectivity index (χ0) is 14.5. The van der Waals surface area contributed by atoms with E-state index in [4.69, 9.17) is 0 Å². The van der Waals surface area contributed by atoms with Gasteiger partial charge in [-0.3, -0.25) is 9.80 Å². The standard InChI is InChI=1S/C14H16BrF3N2/c1-19-11-6-20(8-14(16,17)18)7-12(19)13(11)9-2-4-10(15)5-3-9/h2-5,11-13H,6-8H2,1H3. The van der Waals surface area contributed by atoms with Crippen LogP contribution in [0.3, 0.4) is 0 Å². The minimum atomic E-state index is -4.10. The summed E-state index contributed by atoms with van der Waals surface area (Å²) in [6.45, 7) is 0.196. The first-order chi connectivity index (χ1) is 9.35. The molecule has 2 heterocycles. The van der Waals surface area contributed by atoms with Crippen molar-refractivity contribution >= 4 is 15.9 Å². The van der Waals surface area contributed by atoms with E-state index in [9.17, 15) is 13.2 Å². The number of nitrogens with zero attached hydrogens (tertiary/aromatic N) is 2. The molecule has 0 N–H and O–H groups in total. The van der Waals surface area contributed by atoms with Crippen molar-refractivity contribution in [2.75, 3.05) is 26.7 Å². The van der Waals surface area contributed by atoms with Gasteiger partial charge >= 0.3 is 6.18 Å². The Bertz CT molecular complexity index is 474. The zero-order valence-electron chi connectivity index (χ0n) is 11.1. The maximum atomic E-state index is 12.5. The number of hydrogen-bond donors (Lipinski definition) is 0. The van der Waals surface area contributed by atoms with Crippen LogP contribution in [0.2, 0.25) is 0 Å². The van der Waals surface area contributed by atoms with Crippen LogP contribution in [-0.4, -0.2) is 54.7 Å². The molecule has 3 rings (SSSR count). The lowest BCUT2D eigenvalue weighted by Gasteiger charge is -2.60. The highest BCUT2D eigenvalue weighted by atomic mass is 79.9. The molecular formula is C14H16BrF3N2. The molecule has 2 nitrogen and oxygen atoms in total. The number of rotatable bonds is 2. The highest BCUT2D eigenvalue weighted by Gasteiger charge is 2.52. The predicted molar refractivity (Wildman–Crippen MR) is 74.7 cm³/mol. The molecule has 2 aliphatic rings. The SMILES string of the molecule is CN1C2CN(CC(F)(F)F)CC1C2c1ccc(Br)cc1. The number of piperazine rings is 1. The van der Waals surface area contributed by atoms with Gasteiger partial charge in [-0.15, -0.1) is 0 Å². The number of piperidine rings is 1. The van der Waals surface area contributed by atoms with E-state index in [0.29, 0.717) is 19.0 Å². The highest BCUT2D eigenvalue weighted by Crippen LogP contribution is 2.44. The minimum Gasteiger partial charge on any atom is -0.297 e.